The number of amides is 1. The first-order valence-corrected chi connectivity index (χ1v) is 8.48. The molecule has 0 aliphatic heterocycles. The van der Waals surface area contributed by atoms with Crippen LogP contribution in [-0.4, -0.2) is 17.2 Å². The molecule has 2 aliphatic carbocycles. The lowest BCUT2D eigenvalue weighted by Crippen LogP contribution is -2.55. The van der Waals surface area contributed by atoms with Gasteiger partial charge in [-0.2, -0.15) is 0 Å². The minimum Gasteiger partial charge on any atom is -0.374 e. The fourth-order valence-corrected chi connectivity index (χ4v) is 3.56. The van der Waals surface area contributed by atoms with Crippen LogP contribution in [-0.2, 0) is 9.59 Å². The Labute approximate surface area is 137 Å². The minimum absolute atomic E-state index is 0.0167. The number of benzene rings is 1. The van der Waals surface area contributed by atoms with Crippen molar-refractivity contribution in [2.75, 3.05) is 5.32 Å². The molecule has 0 heterocycles. The van der Waals surface area contributed by atoms with Gasteiger partial charge in [0.05, 0.1) is 0 Å². The predicted molar refractivity (Wildman–Crippen MR) is 91.0 cm³/mol. The Morgan fingerprint density at radius 2 is 1.74 bits per heavy atom. The zero-order chi connectivity index (χ0) is 16.3. The molecule has 122 valence electrons. The van der Waals surface area contributed by atoms with Gasteiger partial charge in [-0.15, -0.1) is 0 Å². The van der Waals surface area contributed by atoms with Gasteiger partial charge < -0.3 is 10.6 Å². The summed E-state index contributed by atoms with van der Waals surface area (Å²) in [5.41, 5.74) is 1.98. The molecule has 0 bridgehead atoms. The lowest BCUT2D eigenvalue weighted by molar-refractivity contribution is -0.123. The number of carbonyl (C=O) groups is 2. The van der Waals surface area contributed by atoms with Gasteiger partial charge >= 0.3 is 0 Å². The number of para-hydroxylation sites is 1. The Balaban J connectivity index is 1.82. The molecule has 2 N–H and O–H groups in total. The van der Waals surface area contributed by atoms with Crippen molar-refractivity contribution in [2.24, 2.45) is 0 Å². The number of nitrogens with one attached hydrogen (secondary N) is 2. The third-order valence-electron chi connectivity index (χ3n) is 5.04. The SMILES string of the molecule is CC1=C(NC2(C(=O)Nc3ccccc3)CCCCC2)CCC1=O. The molecule has 1 aromatic rings. The molecule has 1 fully saturated rings. The highest BCUT2D eigenvalue weighted by Gasteiger charge is 2.41. The molecule has 0 saturated heterocycles. The van der Waals surface area contributed by atoms with Crippen LogP contribution in [0, 0.1) is 0 Å². The van der Waals surface area contributed by atoms with Crippen LogP contribution >= 0.6 is 0 Å². The second kappa shape index (κ2) is 6.57. The largest absolute Gasteiger partial charge is 0.374 e. The van der Waals surface area contributed by atoms with Crippen LogP contribution in [0.2, 0.25) is 0 Å². The van der Waals surface area contributed by atoms with Crippen molar-refractivity contribution in [1.82, 2.24) is 5.32 Å². The Morgan fingerprint density at radius 3 is 2.35 bits per heavy atom. The molecule has 0 radical (unpaired) electrons. The Morgan fingerprint density at radius 1 is 1.04 bits per heavy atom. The molecular weight excluding hydrogens is 288 g/mol. The molecule has 4 heteroatoms. The summed E-state index contributed by atoms with van der Waals surface area (Å²) in [6.07, 6.45) is 6.16. The van der Waals surface area contributed by atoms with E-state index < -0.39 is 5.54 Å². The van der Waals surface area contributed by atoms with Gasteiger partial charge in [0.1, 0.15) is 5.54 Å². The van der Waals surface area contributed by atoms with E-state index in [4.69, 9.17) is 0 Å². The van der Waals surface area contributed by atoms with Crippen LogP contribution in [0.4, 0.5) is 5.69 Å². The first-order valence-electron chi connectivity index (χ1n) is 8.48. The molecule has 0 atom stereocenters. The molecule has 3 rings (SSSR count). The van der Waals surface area contributed by atoms with E-state index in [0.29, 0.717) is 6.42 Å². The standard InChI is InChI=1S/C19H24N2O2/c1-14-16(10-11-17(14)22)21-19(12-6-3-7-13-19)18(23)20-15-8-4-2-5-9-15/h2,4-5,8-9,21H,3,6-7,10-13H2,1H3,(H,20,23). The van der Waals surface area contributed by atoms with Crippen molar-refractivity contribution < 1.29 is 9.59 Å². The van der Waals surface area contributed by atoms with Crippen molar-refractivity contribution in [2.45, 2.75) is 57.4 Å². The molecule has 23 heavy (non-hydrogen) atoms. The van der Waals surface area contributed by atoms with E-state index in [9.17, 15) is 9.59 Å². The van der Waals surface area contributed by atoms with Crippen molar-refractivity contribution in [1.29, 1.82) is 0 Å². The molecule has 4 nitrogen and oxygen atoms in total. The highest BCUT2D eigenvalue weighted by molar-refractivity contribution is 6.00. The Hall–Kier alpha value is -2.10. The first kappa shape index (κ1) is 15.8. The highest BCUT2D eigenvalue weighted by atomic mass is 16.2. The van der Waals surface area contributed by atoms with Gasteiger partial charge in [0, 0.05) is 23.4 Å². The summed E-state index contributed by atoms with van der Waals surface area (Å²) in [4.78, 5) is 24.8. The van der Waals surface area contributed by atoms with E-state index in [2.05, 4.69) is 10.6 Å². The predicted octanol–water partition coefficient (Wildman–Crippen LogP) is 3.55. The second-order valence-electron chi connectivity index (χ2n) is 6.61. The van der Waals surface area contributed by atoms with Crippen LogP contribution < -0.4 is 10.6 Å². The molecule has 0 aromatic heterocycles. The fourth-order valence-electron chi connectivity index (χ4n) is 3.56. The molecule has 0 spiro atoms. The Bertz CT molecular complexity index is 628. The maximum absolute atomic E-state index is 13.0. The van der Waals surface area contributed by atoms with E-state index in [0.717, 1.165) is 49.1 Å². The summed E-state index contributed by atoms with van der Waals surface area (Å²) in [5, 5.41) is 6.52. The summed E-state index contributed by atoms with van der Waals surface area (Å²) < 4.78 is 0. The summed E-state index contributed by atoms with van der Waals surface area (Å²) in [7, 11) is 0. The zero-order valence-electron chi connectivity index (χ0n) is 13.7. The number of ketones is 1. The van der Waals surface area contributed by atoms with Gasteiger partial charge in [-0.3, -0.25) is 9.59 Å². The number of Topliss-reactive ketones (excluding diaryl/α,β-unsaturated/α-hetero) is 1. The molecule has 1 saturated carbocycles. The average Bonchev–Trinajstić information content (AvgIpc) is 2.88. The third-order valence-corrected chi connectivity index (χ3v) is 5.04. The monoisotopic (exact) mass is 312 g/mol. The van der Waals surface area contributed by atoms with Crippen LogP contribution in [0.3, 0.4) is 0 Å². The molecular formula is C19H24N2O2. The van der Waals surface area contributed by atoms with Crippen LogP contribution in [0.1, 0.15) is 51.9 Å². The third kappa shape index (κ3) is 3.31. The van der Waals surface area contributed by atoms with E-state index in [1.54, 1.807) is 0 Å². The van der Waals surface area contributed by atoms with Crippen molar-refractivity contribution >= 4 is 17.4 Å². The van der Waals surface area contributed by atoms with Crippen LogP contribution in [0.15, 0.2) is 41.6 Å². The van der Waals surface area contributed by atoms with Gasteiger partial charge in [-0.25, -0.2) is 0 Å². The molecule has 1 amide bonds. The number of anilines is 1. The number of carbonyl (C=O) groups excluding carboxylic acids is 2. The van der Waals surface area contributed by atoms with Gasteiger partial charge in [0.25, 0.3) is 0 Å². The summed E-state index contributed by atoms with van der Waals surface area (Å²) in [5.74, 6) is 0.213. The lowest BCUT2D eigenvalue weighted by atomic mass is 9.80. The van der Waals surface area contributed by atoms with Crippen LogP contribution in [0.5, 0.6) is 0 Å². The number of hydrogen-bond acceptors (Lipinski definition) is 3. The normalized spacial score (nSPS) is 20.5. The summed E-state index contributed by atoms with van der Waals surface area (Å²) >= 11 is 0. The topological polar surface area (TPSA) is 58.2 Å². The van der Waals surface area contributed by atoms with E-state index in [1.165, 1.54) is 6.42 Å². The zero-order valence-corrected chi connectivity index (χ0v) is 13.7. The van der Waals surface area contributed by atoms with E-state index in [1.807, 2.05) is 37.3 Å². The highest BCUT2D eigenvalue weighted by Crippen LogP contribution is 2.33. The van der Waals surface area contributed by atoms with E-state index in [-0.39, 0.29) is 11.7 Å². The molecule has 1 aromatic carbocycles. The van der Waals surface area contributed by atoms with Gasteiger partial charge in [0.2, 0.25) is 5.91 Å². The number of hydrogen-bond donors (Lipinski definition) is 2. The summed E-state index contributed by atoms with van der Waals surface area (Å²) in [6, 6.07) is 9.57. The summed E-state index contributed by atoms with van der Waals surface area (Å²) in [6.45, 7) is 1.86. The maximum atomic E-state index is 13.0. The van der Waals surface area contributed by atoms with Gasteiger partial charge in [0.15, 0.2) is 5.78 Å². The maximum Gasteiger partial charge on any atom is 0.250 e. The number of rotatable bonds is 4. The van der Waals surface area contributed by atoms with Gasteiger partial charge in [-0.05, 0) is 38.3 Å². The van der Waals surface area contributed by atoms with Crippen molar-refractivity contribution in [3.63, 3.8) is 0 Å². The Kier molecular flexibility index (Phi) is 4.51. The van der Waals surface area contributed by atoms with Crippen molar-refractivity contribution in [3.05, 3.63) is 41.6 Å². The number of allylic oxidation sites excluding steroid dienone is 2. The minimum atomic E-state index is -0.588. The molecule has 2 aliphatic rings. The van der Waals surface area contributed by atoms with Crippen molar-refractivity contribution in [3.8, 4) is 0 Å². The quantitative estimate of drug-likeness (QED) is 0.894. The fraction of sp³-hybridized carbons (Fsp3) is 0.474. The first-order chi connectivity index (χ1) is 11.1. The molecule has 0 unspecified atom stereocenters. The van der Waals surface area contributed by atoms with Crippen LogP contribution in [0.25, 0.3) is 0 Å². The lowest BCUT2D eigenvalue weighted by Gasteiger charge is -2.38. The van der Waals surface area contributed by atoms with Gasteiger partial charge in [-0.1, -0.05) is 37.5 Å². The smallest absolute Gasteiger partial charge is 0.250 e. The average molecular weight is 312 g/mol. The van der Waals surface area contributed by atoms with E-state index >= 15 is 0 Å². The second-order valence-corrected chi connectivity index (χ2v) is 6.61.